The quantitative estimate of drug-likeness (QED) is 0.721. The maximum absolute atomic E-state index is 14.0. The molecule has 1 heterocycles. The summed E-state index contributed by atoms with van der Waals surface area (Å²) in [6.45, 7) is 3.16. The highest BCUT2D eigenvalue weighted by molar-refractivity contribution is 7.98. The minimum absolute atomic E-state index is 0.0396. The second kappa shape index (κ2) is 8.74. The van der Waals surface area contributed by atoms with E-state index in [0.717, 1.165) is 18.6 Å². The molecule has 0 atom stereocenters. The summed E-state index contributed by atoms with van der Waals surface area (Å²) in [5.41, 5.74) is 0.0396. The highest BCUT2D eigenvalue weighted by Crippen LogP contribution is 2.14. The average molecular weight is 285 g/mol. The summed E-state index contributed by atoms with van der Waals surface area (Å²) in [4.78, 5) is 15.7. The van der Waals surface area contributed by atoms with Crippen molar-refractivity contribution in [2.24, 2.45) is 0 Å². The van der Waals surface area contributed by atoms with E-state index in [1.165, 1.54) is 12.3 Å². The summed E-state index contributed by atoms with van der Waals surface area (Å²) in [6.07, 6.45) is 5.20. The first kappa shape index (κ1) is 15.8. The summed E-state index contributed by atoms with van der Waals surface area (Å²) in [5.74, 6) is 0.139. The number of thioether (sulfide) groups is 1. The van der Waals surface area contributed by atoms with Gasteiger partial charge < -0.3 is 10.6 Å². The first-order chi connectivity index (χ1) is 9.20. The van der Waals surface area contributed by atoms with Gasteiger partial charge in [0.2, 0.25) is 0 Å². The van der Waals surface area contributed by atoms with Crippen molar-refractivity contribution >= 4 is 23.5 Å². The Bertz CT molecular complexity index is 415. The summed E-state index contributed by atoms with van der Waals surface area (Å²) in [5, 5.41) is 5.57. The molecule has 0 aliphatic rings. The van der Waals surface area contributed by atoms with Crippen LogP contribution in [0.25, 0.3) is 0 Å². The molecule has 0 aliphatic heterocycles. The fourth-order valence-electron chi connectivity index (χ4n) is 1.50. The van der Waals surface area contributed by atoms with Crippen LogP contribution in [-0.4, -0.2) is 36.0 Å². The molecule has 1 aromatic heterocycles. The van der Waals surface area contributed by atoms with Crippen molar-refractivity contribution in [1.29, 1.82) is 0 Å². The van der Waals surface area contributed by atoms with Crippen LogP contribution in [0.5, 0.6) is 0 Å². The minimum Gasteiger partial charge on any atom is -0.368 e. The van der Waals surface area contributed by atoms with Gasteiger partial charge in [0.1, 0.15) is 0 Å². The molecule has 2 N–H and O–H groups in total. The lowest BCUT2D eigenvalue weighted by Crippen LogP contribution is -2.26. The number of nitrogens with zero attached hydrogens (tertiary/aromatic N) is 1. The Morgan fingerprint density at radius 2 is 2.26 bits per heavy atom. The number of rotatable bonds is 8. The van der Waals surface area contributed by atoms with Crippen LogP contribution in [0.2, 0.25) is 0 Å². The van der Waals surface area contributed by atoms with Gasteiger partial charge in [-0.3, -0.25) is 4.79 Å². The number of carbonyl (C=O) groups is 1. The normalized spacial score (nSPS) is 10.3. The van der Waals surface area contributed by atoms with Crippen molar-refractivity contribution in [1.82, 2.24) is 10.3 Å². The monoisotopic (exact) mass is 285 g/mol. The molecule has 0 aromatic carbocycles. The van der Waals surface area contributed by atoms with E-state index in [2.05, 4.69) is 15.6 Å². The highest BCUT2D eigenvalue weighted by Gasteiger charge is 2.15. The molecule has 6 heteroatoms. The average Bonchev–Trinajstić information content (AvgIpc) is 2.42. The molecule has 0 radical (unpaired) electrons. The molecule has 0 aliphatic carbocycles. The Morgan fingerprint density at radius 1 is 1.47 bits per heavy atom. The molecule has 1 amide bonds. The van der Waals surface area contributed by atoms with E-state index in [4.69, 9.17) is 0 Å². The van der Waals surface area contributed by atoms with Gasteiger partial charge in [0.25, 0.3) is 5.91 Å². The van der Waals surface area contributed by atoms with E-state index in [9.17, 15) is 9.18 Å². The van der Waals surface area contributed by atoms with Gasteiger partial charge in [-0.25, -0.2) is 9.37 Å². The molecule has 0 unspecified atom stereocenters. The third-order valence-electron chi connectivity index (χ3n) is 2.49. The SMILES string of the molecule is CCCNc1nccc(C(=O)NCCCSC)c1F. The van der Waals surface area contributed by atoms with Crippen molar-refractivity contribution in [3.63, 3.8) is 0 Å². The van der Waals surface area contributed by atoms with Gasteiger partial charge in [-0.1, -0.05) is 6.92 Å². The van der Waals surface area contributed by atoms with E-state index in [0.29, 0.717) is 13.1 Å². The summed E-state index contributed by atoms with van der Waals surface area (Å²) >= 11 is 1.72. The predicted molar refractivity (Wildman–Crippen MR) is 78.3 cm³/mol. The fraction of sp³-hybridized carbons (Fsp3) is 0.538. The van der Waals surface area contributed by atoms with Crippen molar-refractivity contribution in [3.8, 4) is 0 Å². The largest absolute Gasteiger partial charge is 0.368 e. The van der Waals surface area contributed by atoms with Gasteiger partial charge in [-0.05, 0) is 30.9 Å². The fourth-order valence-corrected chi connectivity index (χ4v) is 1.93. The lowest BCUT2D eigenvalue weighted by molar-refractivity contribution is 0.0949. The van der Waals surface area contributed by atoms with Crippen LogP contribution in [0, 0.1) is 5.82 Å². The number of anilines is 1. The van der Waals surface area contributed by atoms with Crippen molar-refractivity contribution < 1.29 is 9.18 Å². The molecule has 0 saturated heterocycles. The summed E-state index contributed by atoms with van der Waals surface area (Å²) in [7, 11) is 0. The van der Waals surface area contributed by atoms with Crippen molar-refractivity contribution in [3.05, 3.63) is 23.6 Å². The van der Waals surface area contributed by atoms with E-state index in [1.807, 2.05) is 13.2 Å². The number of pyridine rings is 1. The Labute approximate surface area is 117 Å². The highest BCUT2D eigenvalue weighted by atomic mass is 32.2. The van der Waals surface area contributed by atoms with E-state index < -0.39 is 5.82 Å². The zero-order valence-corrected chi connectivity index (χ0v) is 12.1. The molecule has 0 fully saturated rings. The molecule has 0 spiro atoms. The molecule has 4 nitrogen and oxygen atoms in total. The molecule has 19 heavy (non-hydrogen) atoms. The Morgan fingerprint density at radius 3 is 2.95 bits per heavy atom. The van der Waals surface area contributed by atoms with Crippen LogP contribution >= 0.6 is 11.8 Å². The van der Waals surface area contributed by atoms with E-state index in [1.54, 1.807) is 11.8 Å². The van der Waals surface area contributed by atoms with Crippen LogP contribution in [0.15, 0.2) is 12.3 Å². The second-order valence-electron chi connectivity index (χ2n) is 4.05. The number of aromatic nitrogens is 1. The van der Waals surface area contributed by atoms with Crippen molar-refractivity contribution in [2.75, 3.05) is 30.4 Å². The van der Waals surface area contributed by atoms with E-state index in [-0.39, 0.29) is 17.3 Å². The van der Waals surface area contributed by atoms with Gasteiger partial charge in [0.05, 0.1) is 5.56 Å². The lowest BCUT2D eigenvalue weighted by atomic mass is 10.2. The molecule has 0 saturated carbocycles. The van der Waals surface area contributed by atoms with Crippen LogP contribution in [0.3, 0.4) is 0 Å². The molecular formula is C13H20FN3OS. The number of halogens is 1. The molecule has 1 aromatic rings. The first-order valence-corrected chi connectivity index (χ1v) is 7.75. The molecule has 0 bridgehead atoms. The number of hydrogen-bond acceptors (Lipinski definition) is 4. The number of carbonyl (C=O) groups excluding carboxylic acids is 1. The van der Waals surface area contributed by atoms with Crippen LogP contribution in [0.4, 0.5) is 10.2 Å². The van der Waals surface area contributed by atoms with Gasteiger partial charge in [0.15, 0.2) is 11.6 Å². The zero-order chi connectivity index (χ0) is 14.1. The Hall–Kier alpha value is -1.30. The maximum atomic E-state index is 14.0. The van der Waals surface area contributed by atoms with Gasteiger partial charge >= 0.3 is 0 Å². The van der Waals surface area contributed by atoms with Crippen LogP contribution in [-0.2, 0) is 0 Å². The number of hydrogen-bond donors (Lipinski definition) is 2. The van der Waals surface area contributed by atoms with Gasteiger partial charge in [-0.2, -0.15) is 11.8 Å². The maximum Gasteiger partial charge on any atom is 0.254 e. The molecule has 106 valence electrons. The minimum atomic E-state index is -0.585. The van der Waals surface area contributed by atoms with Crippen molar-refractivity contribution in [2.45, 2.75) is 19.8 Å². The third kappa shape index (κ3) is 5.06. The number of amides is 1. The van der Waals surface area contributed by atoms with Crippen LogP contribution in [0.1, 0.15) is 30.1 Å². The second-order valence-corrected chi connectivity index (χ2v) is 5.04. The van der Waals surface area contributed by atoms with Gasteiger partial charge in [-0.15, -0.1) is 0 Å². The lowest BCUT2D eigenvalue weighted by Gasteiger charge is -2.09. The van der Waals surface area contributed by atoms with Gasteiger partial charge in [0, 0.05) is 19.3 Å². The third-order valence-corrected chi connectivity index (χ3v) is 3.18. The predicted octanol–water partition coefficient (Wildman–Crippen LogP) is 2.53. The topological polar surface area (TPSA) is 54.0 Å². The van der Waals surface area contributed by atoms with Crippen LogP contribution < -0.4 is 10.6 Å². The van der Waals surface area contributed by atoms with E-state index >= 15 is 0 Å². The zero-order valence-electron chi connectivity index (χ0n) is 11.3. The Balaban J connectivity index is 2.63. The standard InChI is InChI=1S/C13H20FN3OS/c1-3-6-15-12-11(14)10(5-8-16-12)13(18)17-7-4-9-19-2/h5,8H,3-4,6-7,9H2,1-2H3,(H,15,16)(H,17,18). The molecular weight excluding hydrogens is 265 g/mol. The summed E-state index contributed by atoms with van der Waals surface area (Å²) in [6, 6.07) is 1.40. The summed E-state index contributed by atoms with van der Waals surface area (Å²) < 4.78 is 14.0. The number of nitrogens with one attached hydrogen (secondary N) is 2. The first-order valence-electron chi connectivity index (χ1n) is 6.36. The smallest absolute Gasteiger partial charge is 0.254 e. The Kier molecular flexibility index (Phi) is 7.25. The molecule has 1 rings (SSSR count).